The van der Waals surface area contributed by atoms with E-state index >= 15 is 0 Å². The zero-order valence-corrected chi connectivity index (χ0v) is 12.1. The Kier molecular flexibility index (Phi) is 6.51. The average Bonchev–Trinajstić information content (AvgIpc) is 2.37. The maximum absolute atomic E-state index is 12.2. The van der Waals surface area contributed by atoms with Gasteiger partial charge in [0.2, 0.25) is 0 Å². The van der Waals surface area contributed by atoms with E-state index in [1.54, 1.807) is 7.11 Å². The zero-order valence-electron chi connectivity index (χ0n) is 11.3. The summed E-state index contributed by atoms with van der Waals surface area (Å²) in [6.07, 6.45) is 2.81. The highest BCUT2D eigenvalue weighted by Gasteiger charge is 2.31. The highest BCUT2D eigenvalue weighted by atomic mass is 32.2. The van der Waals surface area contributed by atoms with E-state index in [0.717, 1.165) is 19.3 Å². The molecule has 1 heterocycles. The first-order valence-corrected chi connectivity index (χ1v) is 7.90. The Morgan fingerprint density at radius 3 is 2.83 bits per heavy atom. The maximum atomic E-state index is 12.2. The number of nitrogens with zero attached hydrogens (tertiary/aromatic N) is 1. The molecule has 0 bridgehead atoms. The molecule has 1 aliphatic rings. The van der Waals surface area contributed by atoms with Crippen LogP contribution in [0.3, 0.4) is 0 Å². The Labute approximate surface area is 110 Å². The molecule has 7 heteroatoms. The van der Waals surface area contributed by atoms with Crippen molar-refractivity contribution in [2.45, 2.75) is 32.2 Å². The normalized spacial score (nSPS) is 24.1. The molecule has 0 aromatic rings. The second-order valence-electron chi connectivity index (χ2n) is 4.91. The molecule has 0 aliphatic carbocycles. The molecule has 0 aromatic heterocycles. The molecule has 0 aromatic carbocycles. The lowest BCUT2D eigenvalue weighted by Crippen LogP contribution is -2.52. The van der Waals surface area contributed by atoms with Crippen LogP contribution in [0.5, 0.6) is 0 Å². The van der Waals surface area contributed by atoms with Crippen molar-refractivity contribution in [3.63, 3.8) is 0 Å². The van der Waals surface area contributed by atoms with Crippen LogP contribution in [0.25, 0.3) is 0 Å². The second-order valence-corrected chi connectivity index (χ2v) is 6.62. The van der Waals surface area contributed by atoms with Gasteiger partial charge in [-0.15, -0.1) is 0 Å². The van der Waals surface area contributed by atoms with Gasteiger partial charge in [0.25, 0.3) is 10.2 Å². The molecule has 1 fully saturated rings. The minimum atomic E-state index is -3.41. The maximum Gasteiger partial charge on any atom is 0.279 e. The summed E-state index contributed by atoms with van der Waals surface area (Å²) in [5, 5.41) is 0. The molecule has 1 rings (SSSR count). The zero-order chi connectivity index (χ0) is 13.6. The van der Waals surface area contributed by atoms with Crippen molar-refractivity contribution in [2.75, 3.05) is 33.4 Å². The predicted octanol–water partition coefficient (Wildman–Crippen LogP) is -0.0835. The topological polar surface area (TPSA) is 84.7 Å². The van der Waals surface area contributed by atoms with Crippen LogP contribution in [0.1, 0.15) is 26.2 Å². The fourth-order valence-electron chi connectivity index (χ4n) is 2.20. The van der Waals surface area contributed by atoms with E-state index in [1.165, 1.54) is 4.31 Å². The molecule has 1 aliphatic heterocycles. The number of hydrogen-bond donors (Lipinski definition) is 2. The van der Waals surface area contributed by atoms with E-state index in [-0.39, 0.29) is 12.0 Å². The summed E-state index contributed by atoms with van der Waals surface area (Å²) in [4.78, 5) is 0. The number of hydrogen-bond acceptors (Lipinski definition) is 4. The molecule has 2 unspecified atom stereocenters. The smallest absolute Gasteiger partial charge is 0.279 e. The van der Waals surface area contributed by atoms with Crippen LogP contribution in [-0.4, -0.2) is 52.1 Å². The molecule has 108 valence electrons. The van der Waals surface area contributed by atoms with E-state index in [1.807, 2.05) is 6.92 Å². The van der Waals surface area contributed by atoms with Gasteiger partial charge < -0.3 is 10.5 Å². The summed E-state index contributed by atoms with van der Waals surface area (Å²) in [5.41, 5.74) is 5.64. The Bertz CT molecular complexity index is 334. The lowest BCUT2D eigenvalue weighted by atomic mass is 10.1. The third-order valence-corrected chi connectivity index (χ3v) is 4.85. The minimum Gasteiger partial charge on any atom is -0.384 e. The monoisotopic (exact) mass is 279 g/mol. The molecular formula is C11H25N3O3S. The summed E-state index contributed by atoms with van der Waals surface area (Å²) in [6, 6.07) is -0.0611. The fourth-order valence-corrected chi connectivity index (χ4v) is 3.81. The molecule has 2 atom stereocenters. The van der Waals surface area contributed by atoms with Crippen molar-refractivity contribution >= 4 is 10.2 Å². The van der Waals surface area contributed by atoms with E-state index in [4.69, 9.17) is 10.5 Å². The number of rotatable bonds is 7. The predicted molar refractivity (Wildman–Crippen MR) is 71.4 cm³/mol. The van der Waals surface area contributed by atoms with E-state index in [2.05, 4.69) is 4.72 Å². The van der Waals surface area contributed by atoms with Crippen LogP contribution in [-0.2, 0) is 14.9 Å². The largest absolute Gasteiger partial charge is 0.384 e. The third-order valence-electron chi connectivity index (χ3n) is 3.22. The van der Waals surface area contributed by atoms with Crippen molar-refractivity contribution in [1.82, 2.24) is 9.03 Å². The number of piperidine rings is 1. The number of nitrogens with two attached hydrogens (primary N) is 1. The van der Waals surface area contributed by atoms with Gasteiger partial charge in [0.15, 0.2) is 0 Å². The summed E-state index contributed by atoms with van der Waals surface area (Å²) in [6.45, 7) is 3.83. The van der Waals surface area contributed by atoms with Gasteiger partial charge in [-0.2, -0.15) is 12.7 Å². The van der Waals surface area contributed by atoms with Crippen molar-refractivity contribution in [2.24, 2.45) is 11.7 Å². The van der Waals surface area contributed by atoms with Gasteiger partial charge in [0, 0.05) is 39.4 Å². The van der Waals surface area contributed by atoms with E-state index in [9.17, 15) is 8.42 Å². The standard InChI is InChI=1S/C11H25N3O3S/c1-10(9-17-2)8-13-18(15,16)14-6-4-3-5-11(14)7-12/h10-11,13H,3-9,12H2,1-2H3. The van der Waals surface area contributed by atoms with Gasteiger partial charge in [0.05, 0.1) is 0 Å². The Balaban J connectivity index is 2.55. The Hall–Kier alpha value is -0.210. The number of ether oxygens (including phenoxy) is 1. The van der Waals surface area contributed by atoms with Crippen molar-refractivity contribution in [3.05, 3.63) is 0 Å². The molecule has 0 spiro atoms. The van der Waals surface area contributed by atoms with Crippen LogP contribution in [0.2, 0.25) is 0 Å². The molecule has 0 saturated carbocycles. The lowest BCUT2D eigenvalue weighted by molar-refractivity contribution is 0.160. The highest BCUT2D eigenvalue weighted by molar-refractivity contribution is 7.87. The second kappa shape index (κ2) is 7.40. The number of methoxy groups -OCH3 is 1. The SMILES string of the molecule is COCC(C)CNS(=O)(=O)N1CCCCC1CN. The van der Waals surface area contributed by atoms with Gasteiger partial charge in [-0.1, -0.05) is 13.3 Å². The molecule has 0 radical (unpaired) electrons. The van der Waals surface area contributed by atoms with Crippen molar-refractivity contribution in [1.29, 1.82) is 0 Å². The van der Waals surface area contributed by atoms with Crippen LogP contribution < -0.4 is 10.5 Å². The van der Waals surface area contributed by atoms with Crippen molar-refractivity contribution in [3.8, 4) is 0 Å². The molecule has 6 nitrogen and oxygen atoms in total. The van der Waals surface area contributed by atoms with Gasteiger partial charge in [0.1, 0.15) is 0 Å². The molecule has 1 saturated heterocycles. The van der Waals surface area contributed by atoms with Gasteiger partial charge in [-0.05, 0) is 18.8 Å². The van der Waals surface area contributed by atoms with Crippen LogP contribution in [0.4, 0.5) is 0 Å². The first-order chi connectivity index (χ1) is 8.51. The van der Waals surface area contributed by atoms with Crippen molar-refractivity contribution < 1.29 is 13.2 Å². The summed E-state index contributed by atoms with van der Waals surface area (Å²) in [5.74, 6) is 0.158. The third kappa shape index (κ3) is 4.47. The van der Waals surface area contributed by atoms with Gasteiger partial charge in [-0.25, -0.2) is 4.72 Å². The van der Waals surface area contributed by atoms with Crippen LogP contribution in [0.15, 0.2) is 0 Å². The average molecular weight is 279 g/mol. The van der Waals surface area contributed by atoms with E-state index in [0.29, 0.717) is 26.2 Å². The molecular weight excluding hydrogens is 254 g/mol. The van der Waals surface area contributed by atoms with Crippen LogP contribution >= 0.6 is 0 Å². The van der Waals surface area contributed by atoms with Gasteiger partial charge in [-0.3, -0.25) is 0 Å². The molecule has 0 amide bonds. The quantitative estimate of drug-likeness (QED) is 0.682. The Morgan fingerprint density at radius 1 is 1.50 bits per heavy atom. The number of nitrogens with one attached hydrogen (secondary N) is 1. The fraction of sp³-hybridized carbons (Fsp3) is 1.00. The Morgan fingerprint density at radius 2 is 2.22 bits per heavy atom. The first-order valence-electron chi connectivity index (χ1n) is 6.46. The lowest BCUT2D eigenvalue weighted by Gasteiger charge is -2.34. The minimum absolute atomic E-state index is 0.0611. The van der Waals surface area contributed by atoms with E-state index < -0.39 is 10.2 Å². The van der Waals surface area contributed by atoms with Gasteiger partial charge >= 0.3 is 0 Å². The summed E-state index contributed by atoms with van der Waals surface area (Å²) < 4.78 is 33.5. The molecule has 3 N–H and O–H groups in total. The highest BCUT2D eigenvalue weighted by Crippen LogP contribution is 2.18. The summed E-state index contributed by atoms with van der Waals surface area (Å²) >= 11 is 0. The summed E-state index contributed by atoms with van der Waals surface area (Å²) in [7, 11) is -1.80. The van der Waals surface area contributed by atoms with Crippen LogP contribution in [0, 0.1) is 5.92 Å². The molecule has 18 heavy (non-hydrogen) atoms. The first kappa shape index (κ1) is 15.8.